The molecule has 0 aliphatic carbocycles. The van der Waals surface area contributed by atoms with Crippen molar-refractivity contribution in [3.63, 3.8) is 0 Å². The van der Waals surface area contributed by atoms with Gasteiger partial charge in [0.2, 0.25) is 15.9 Å². The summed E-state index contributed by atoms with van der Waals surface area (Å²) >= 11 is 6.64. The van der Waals surface area contributed by atoms with E-state index in [2.05, 4.69) is 10.0 Å². The fourth-order valence-electron chi connectivity index (χ4n) is 3.63. The minimum Gasteiger partial charge on any atom is -0.496 e. The summed E-state index contributed by atoms with van der Waals surface area (Å²) in [6, 6.07) is 9.87. The largest absolute Gasteiger partial charge is 0.496 e. The number of hydrogen-bond donors (Lipinski definition) is 2. The fourth-order valence-corrected chi connectivity index (χ4v) is 4.43. The lowest BCUT2D eigenvalue weighted by Crippen LogP contribution is -2.49. The zero-order chi connectivity index (χ0) is 25.3. The Balaban J connectivity index is 2.07. The zero-order valence-electron chi connectivity index (χ0n) is 19.7. The predicted octanol–water partition coefficient (Wildman–Crippen LogP) is 4.55. The molecule has 2 N–H and O–H groups in total. The summed E-state index contributed by atoms with van der Waals surface area (Å²) in [5, 5.41) is 2.75. The number of carbonyl (C=O) groups excluding carboxylic acids is 2. The summed E-state index contributed by atoms with van der Waals surface area (Å²) in [6.45, 7) is 6.39. The Morgan fingerprint density at radius 2 is 1.82 bits per heavy atom. The average Bonchev–Trinajstić information content (AvgIpc) is 2.72. The third-order valence-electron chi connectivity index (χ3n) is 5.23. The molecule has 10 heteroatoms. The van der Waals surface area contributed by atoms with E-state index in [0.717, 1.165) is 11.8 Å². The van der Waals surface area contributed by atoms with Crippen LogP contribution in [-0.4, -0.2) is 40.3 Å². The third kappa shape index (κ3) is 6.09. The minimum atomic E-state index is -3.38. The average molecular weight is 506 g/mol. The Hall–Kier alpha value is -3.04. The first-order valence-corrected chi connectivity index (χ1v) is 12.8. The summed E-state index contributed by atoms with van der Waals surface area (Å²) < 4.78 is 31.0. The Bertz CT molecular complexity index is 1250. The molecule has 1 aliphatic rings. The van der Waals surface area contributed by atoms with Gasteiger partial charge in [0.25, 0.3) is 0 Å². The second-order valence-corrected chi connectivity index (χ2v) is 11.2. The zero-order valence-corrected chi connectivity index (χ0v) is 21.3. The monoisotopic (exact) mass is 505 g/mol. The molecule has 0 saturated carbocycles. The molecular weight excluding hydrogens is 478 g/mol. The fraction of sp³-hybridized carbons (Fsp3) is 0.333. The summed E-state index contributed by atoms with van der Waals surface area (Å²) in [6.07, 6.45) is 3.03. The van der Waals surface area contributed by atoms with Gasteiger partial charge in [-0.1, -0.05) is 44.5 Å². The number of benzene rings is 2. The van der Waals surface area contributed by atoms with Crippen LogP contribution in [0.4, 0.5) is 16.2 Å². The van der Waals surface area contributed by atoms with E-state index in [9.17, 15) is 18.0 Å². The van der Waals surface area contributed by atoms with Crippen LogP contribution in [0.5, 0.6) is 5.75 Å². The number of anilines is 2. The van der Waals surface area contributed by atoms with Gasteiger partial charge < -0.3 is 4.74 Å². The SMILES string of the molecule is COc1c(C=C(Cl)c2ccc(NS(C)(=O)=O)cc2)cc(N2CCC(=O)NC2=O)cc1C(C)(C)C. The first kappa shape index (κ1) is 25.6. The molecule has 3 rings (SSSR count). The molecule has 3 amide bonds. The van der Waals surface area contributed by atoms with Crippen molar-refractivity contribution in [1.29, 1.82) is 0 Å². The van der Waals surface area contributed by atoms with Gasteiger partial charge in [-0.15, -0.1) is 0 Å². The topological polar surface area (TPSA) is 105 Å². The molecule has 0 radical (unpaired) electrons. The van der Waals surface area contributed by atoms with Gasteiger partial charge in [-0.25, -0.2) is 13.2 Å². The Morgan fingerprint density at radius 1 is 1.18 bits per heavy atom. The van der Waals surface area contributed by atoms with Gasteiger partial charge in [-0.05, 0) is 41.3 Å². The van der Waals surface area contributed by atoms with Gasteiger partial charge in [0.1, 0.15) is 5.75 Å². The normalized spacial score (nSPS) is 15.2. The molecule has 2 aromatic rings. The number of nitrogens with one attached hydrogen (secondary N) is 2. The number of halogens is 1. The molecule has 182 valence electrons. The summed E-state index contributed by atoms with van der Waals surface area (Å²) in [5.74, 6) is 0.320. The molecular formula is C24H28ClN3O5S. The highest BCUT2D eigenvalue weighted by Gasteiger charge is 2.28. The molecule has 0 atom stereocenters. The minimum absolute atomic E-state index is 0.211. The number of methoxy groups -OCH3 is 1. The van der Waals surface area contributed by atoms with Gasteiger partial charge in [-0.2, -0.15) is 0 Å². The van der Waals surface area contributed by atoms with Crippen molar-refractivity contribution >= 4 is 56.0 Å². The van der Waals surface area contributed by atoms with E-state index in [1.165, 1.54) is 4.90 Å². The van der Waals surface area contributed by atoms with Crippen molar-refractivity contribution in [1.82, 2.24) is 5.32 Å². The highest BCUT2D eigenvalue weighted by molar-refractivity contribution is 7.92. The van der Waals surface area contributed by atoms with Crippen LogP contribution in [0.1, 0.15) is 43.9 Å². The van der Waals surface area contributed by atoms with Crippen molar-refractivity contribution in [2.75, 3.05) is 29.5 Å². The molecule has 0 unspecified atom stereocenters. The van der Waals surface area contributed by atoms with Crippen LogP contribution in [0.3, 0.4) is 0 Å². The smallest absolute Gasteiger partial charge is 0.328 e. The van der Waals surface area contributed by atoms with Crippen LogP contribution < -0.4 is 19.7 Å². The standard InChI is InChI=1S/C24H28ClN3O5S/c1-24(2,3)19-14-18(28-11-10-21(29)26-23(28)30)12-16(22(19)33-4)13-20(25)15-6-8-17(9-7-15)27-34(5,31)32/h6-9,12-14,27H,10-11H2,1-5H3,(H,26,29,30). The lowest BCUT2D eigenvalue weighted by atomic mass is 9.84. The van der Waals surface area contributed by atoms with Gasteiger partial charge >= 0.3 is 6.03 Å². The number of amides is 3. The number of urea groups is 1. The maximum absolute atomic E-state index is 12.5. The molecule has 1 aliphatic heterocycles. The lowest BCUT2D eigenvalue weighted by molar-refractivity contribution is -0.120. The Morgan fingerprint density at radius 3 is 2.35 bits per heavy atom. The Labute approximate surface area is 205 Å². The van der Waals surface area contributed by atoms with Crippen molar-refractivity contribution < 1.29 is 22.7 Å². The van der Waals surface area contributed by atoms with E-state index in [1.54, 1.807) is 43.5 Å². The van der Waals surface area contributed by atoms with E-state index >= 15 is 0 Å². The van der Waals surface area contributed by atoms with Crippen LogP contribution >= 0.6 is 11.6 Å². The molecule has 8 nitrogen and oxygen atoms in total. The number of nitrogens with zero attached hydrogens (tertiary/aromatic N) is 1. The molecule has 0 aromatic heterocycles. The van der Waals surface area contributed by atoms with E-state index in [-0.39, 0.29) is 24.3 Å². The second-order valence-electron chi connectivity index (χ2n) is 9.06. The maximum atomic E-state index is 12.5. The van der Waals surface area contributed by atoms with Crippen molar-refractivity contribution in [3.8, 4) is 5.75 Å². The highest BCUT2D eigenvalue weighted by atomic mass is 35.5. The summed E-state index contributed by atoms with van der Waals surface area (Å²) in [5.41, 5.74) is 2.96. The first-order valence-electron chi connectivity index (χ1n) is 10.6. The van der Waals surface area contributed by atoms with Crippen molar-refractivity contribution in [2.24, 2.45) is 0 Å². The maximum Gasteiger partial charge on any atom is 0.328 e. The highest BCUT2D eigenvalue weighted by Crippen LogP contribution is 2.40. The molecule has 2 aromatic carbocycles. The van der Waals surface area contributed by atoms with Crippen LogP contribution in [-0.2, 0) is 20.2 Å². The van der Waals surface area contributed by atoms with Crippen LogP contribution in [0.2, 0.25) is 0 Å². The van der Waals surface area contributed by atoms with Crippen molar-refractivity contribution in [3.05, 3.63) is 53.1 Å². The summed E-state index contributed by atoms with van der Waals surface area (Å²) in [7, 11) is -1.81. The van der Waals surface area contributed by atoms with Crippen molar-refractivity contribution in [2.45, 2.75) is 32.6 Å². The number of hydrogen-bond acceptors (Lipinski definition) is 5. The van der Waals surface area contributed by atoms with E-state index in [4.69, 9.17) is 16.3 Å². The molecule has 34 heavy (non-hydrogen) atoms. The number of ether oxygens (including phenoxy) is 1. The molecule has 0 bridgehead atoms. The van der Waals surface area contributed by atoms with E-state index < -0.39 is 16.1 Å². The quantitative estimate of drug-likeness (QED) is 0.560. The Kier molecular flexibility index (Phi) is 7.28. The second kappa shape index (κ2) is 9.68. The lowest BCUT2D eigenvalue weighted by Gasteiger charge is -2.30. The molecule has 1 fully saturated rings. The van der Waals surface area contributed by atoms with Crippen LogP contribution in [0.15, 0.2) is 36.4 Å². The van der Waals surface area contributed by atoms with E-state index in [1.807, 2.05) is 26.8 Å². The van der Waals surface area contributed by atoms with Crippen LogP contribution in [0.25, 0.3) is 11.1 Å². The number of rotatable bonds is 6. The number of sulfonamides is 1. The van der Waals surface area contributed by atoms with E-state index in [0.29, 0.717) is 33.3 Å². The predicted molar refractivity (Wildman–Crippen MR) is 136 cm³/mol. The number of carbonyl (C=O) groups is 2. The molecule has 1 saturated heterocycles. The first-order chi connectivity index (χ1) is 15.8. The molecule has 0 spiro atoms. The summed E-state index contributed by atoms with van der Waals surface area (Å²) in [4.78, 5) is 25.6. The van der Waals surface area contributed by atoms with Gasteiger partial charge in [-0.3, -0.25) is 19.7 Å². The van der Waals surface area contributed by atoms with Gasteiger partial charge in [0.15, 0.2) is 0 Å². The van der Waals surface area contributed by atoms with Gasteiger partial charge in [0.05, 0.1) is 13.4 Å². The van der Waals surface area contributed by atoms with Crippen LogP contribution in [0, 0.1) is 0 Å². The molecule has 1 heterocycles. The third-order valence-corrected chi connectivity index (χ3v) is 6.16. The number of imide groups is 1. The van der Waals surface area contributed by atoms with Gasteiger partial charge in [0, 0.05) is 40.5 Å².